The van der Waals surface area contributed by atoms with E-state index >= 15 is 0 Å². The van der Waals surface area contributed by atoms with E-state index in [0.717, 1.165) is 18.8 Å². The highest BCUT2D eigenvalue weighted by atomic mass is 79.9. The van der Waals surface area contributed by atoms with Crippen molar-refractivity contribution < 1.29 is 9.50 Å². The van der Waals surface area contributed by atoms with Crippen LogP contribution in [0, 0.1) is 5.82 Å². The summed E-state index contributed by atoms with van der Waals surface area (Å²) in [5.74, 6) is 0.450. The molecular weight excluding hydrogens is 311 g/mol. The van der Waals surface area contributed by atoms with Crippen LogP contribution in [0.15, 0.2) is 35.1 Å². The van der Waals surface area contributed by atoms with Crippen molar-refractivity contribution in [3.05, 3.63) is 52.3 Å². The van der Waals surface area contributed by atoms with Crippen molar-refractivity contribution in [2.24, 2.45) is 0 Å². The van der Waals surface area contributed by atoms with Crippen LogP contribution in [0.3, 0.4) is 0 Å². The van der Waals surface area contributed by atoms with Gasteiger partial charge in [-0.25, -0.2) is 9.37 Å². The van der Waals surface area contributed by atoms with Crippen LogP contribution in [-0.2, 0) is 13.0 Å². The lowest BCUT2D eigenvalue weighted by Crippen LogP contribution is -2.09. The molecule has 2 rings (SSSR count). The standard InChI is InChI=1S/C14H16BrFN2O/c1-2-6-18-7-5-17-14(18)9-13(19)10-3-4-11(15)12(16)8-10/h3-5,7-8,13,19H,2,6,9H2,1H3. The molecule has 1 aromatic carbocycles. The number of imidazole rings is 1. The number of halogens is 2. The Bertz CT molecular complexity index is 556. The van der Waals surface area contributed by atoms with Gasteiger partial charge in [0.25, 0.3) is 0 Å². The van der Waals surface area contributed by atoms with Crippen LogP contribution >= 0.6 is 15.9 Å². The topological polar surface area (TPSA) is 38.0 Å². The number of nitrogens with zero attached hydrogens (tertiary/aromatic N) is 2. The summed E-state index contributed by atoms with van der Waals surface area (Å²) < 4.78 is 15.9. The molecular formula is C14H16BrFN2O. The van der Waals surface area contributed by atoms with Crippen LogP contribution in [0.1, 0.15) is 30.8 Å². The fourth-order valence-electron chi connectivity index (χ4n) is 1.98. The first-order valence-electron chi connectivity index (χ1n) is 6.24. The lowest BCUT2D eigenvalue weighted by Gasteiger charge is -2.12. The van der Waals surface area contributed by atoms with Gasteiger partial charge in [0, 0.05) is 25.4 Å². The maximum absolute atomic E-state index is 13.4. The molecule has 0 fully saturated rings. The summed E-state index contributed by atoms with van der Waals surface area (Å²) in [5, 5.41) is 10.2. The minimum absolute atomic E-state index is 0.367. The minimum atomic E-state index is -0.749. The van der Waals surface area contributed by atoms with Crippen LogP contribution in [0.25, 0.3) is 0 Å². The van der Waals surface area contributed by atoms with Gasteiger partial charge in [0.1, 0.15) is 11.6 Å². The van der Waals surface area contributed by atoms with E-state index in [0.29, 0.717) is 16.5 Å². The molecule has 19 heavy (non-hydrogen) atoms. The van der Waals surface area contributed by atoms with Crippen LogP contribution in [0.2, 0.25) is 0 Å². The molecule has 2 aromatic rings. The quantitative estimate of drug-likeness (QED) is 0.913. The van der Waals surface area contributed by atoms with E-state index in [9.17, 15) is 9.50 Å². The molecule has 0 aliphatic rings. The van der Waals surface area contributed by atoms with E-state index in [4.69, 9.17) is 0 Å². The second kappa shape index (κ2) is 6.30. The second-order valence-corrected chi connectivity index (χ2v) is 5.28. The smallest absolute Gasteiger partial charge is 0.137 e. The van der Waals surface area contributed by atoms with Gasteiger partial charge < -0.3 is 9.67 Å². The third-order valence-corrected chi connectivity index (χ3v) is 3.61. The maximum atomic E-state index is 13.4. The molecule has 1 N–H and O–H groups in total. The fourth-order valence-corrected chi connectivity index (χ4v) is 2.23. The zero-order valence-electron chi connectivity index (χ0n) is 10.7. The molecule has 0 aliphatic heterocycles. The number of aryl methyl sites for hydroxylation is 1. The molecule has 1 unspecified atom stereocenters. The van der Waals surface area contributed by atoms with Crippen molar-refractivity contribution in [3.63, 3.8) is 0 Å². The van der Waals surface area contributed by atoms with Gasteiger partial charge in [-0.1, -0.05) is 13.0 Å². The van der Waals surface area contributed by atoms with Crippen molar-refractivity contribution in [2.45, 2.75) is 32.4 Å². The van der Waals surface area contributed by atoms with E-state index in [-0.39, 0.29) is 5.82 Å². The Morgan fingerprint density at radius 3 is 2.95 bits per heavy atom. The van der Waals surface area contributed by atoms with Crippen molar-refractivity contribution in [1.82, 2.24) is 9.55 Å². The first-order valence-corrected chi connectivity index (χ1v) is 7.04. The lowest BCUT2D eigenvalue weighted by atomic mass is 10.1. The zero-order chi connectivity index (χ0) is 13.8. The van der Waals surface area contributed by atoms with Gasteiger partial charge in [-0.05, 0) is 40.0 Å². The summed E-state index contributed by atoms with van der Waals surface area (Å²) in [6.45, 7) is 2.96. The van der Waals surface area contributed by atoms with Gasteiger partial charge in [0.2, 0.25) is 0 Å². The Morgan fingerprint density at radius 1 is 1.47 bits per heavy atom. The second-order valence-electron chi connectivity index (χ2n) is 4.43. The molecule has 0 radical (unpaired) electrons. The predicted octanol–water partition coefficient (Wildman–Crippen LogP) is 3.47. The summed E-state index contributed by atoms with van der Waals surface area (Å²) in [6.07, 6.45) is 4.26. The third kappa shape index (κ3) is 3.42. The zero-order valence-corrected chi connectivity index (χ0v) is 12.3. The molecule has 0 saturated carbocycles. The lowest BCUT2D eigenvalue weighted by molar-refractivity contribution is 0.174. The van der Waals surface area contributed by atoms with Crippen LogP contribution in [-0.4, -0.2) is 14.7 Å². The number of hydrogen-bond donors (Lipinski definition) is 1. The van der Waals surface area contributed by atoms with E-state index in [1.165, 1.54) is 6.07 Å². The molecule has 3 nitrogen and oxygen atoms in total. The molecule has 0 bridgehead atoms. The van der Waals surface area contributed by atoms with Gasteiger partial charge in [-0.3, -0.25) is 0 Å². The molecule has 0 amide bonds. The third-order valence-electron chi connectivity index (χ3n) is 2.97. The SMILES string of the molecule is CCCn1ccnc1CC(O)c1ccc(Br)c(F)c1. The number of benzene rings is 1. The minimum Gasteiger partial charge on any atom is -0.388 e. The summed E-state index contributed by atoms with van der Waals surface area (Å²) >= 11 is 3.10. The predicted molar refractivity (Wildman–Crippen MR) is 75.3 cm³/mol. The highest BCUT2D eigenvalue weighted by Gasteiger charge is 2.13. The van der Waals surface area contributed by atoms with Crippen molar-refractivity contribution in [1.29, 1.82) is 0 Å². The highest BCUT2D eigenvalue weighted by Crippen LogP contribution is 2.23. The molecule has 1 heterocycles. The van der Waals surface area contributed by atoms with Crippen molar-refractivity contribution in [2.75, 3.05) is 0 Å². The number of aliphatic hydroxyl groups is 1. The summed E-state index contributed by atoms with van der Waals surface area (Å²) in [7, 11) is 0. The number of aromatic nitrogens is 2. The Balaban J connectivity index is 2.13. The molecule has 102 valence electrons. The summed E-state index contributed by atoms with van der Waals surface area (Å²) in [6, 6.07) is 4.67. The summed E-state index contributed by atoms with van der Waals surface area (Å²) in [5.41, 5.74) is 0.562. The van der Waals surface area contributed by atoms with Gasteiger partial charge >= 0.3 is 0 Å². The van der Waals surface area contributed by atoms with E-state index < -0.39 is 6.10 Å². The van der Waals surface area contributed by atoms with Gasteiger partial charge in [-0.2, -0.15) is 0 Å². The van der Waals surface area contributed by atoms with E-state index in [2.05, 4.69) is 27.8 Å². The number of hydrogen-bond acceptors (Lipinski definition) is 2. The first kappa shape index (κ1) is 14.2. The highest BCUT2D eigenvalue weighted by molar-refractivity contribution is 9.10. The molecule has 1 aromatic heterocycles. The number of aliphatic hydroxyl groups excluding tert-OH is 1. The van der Waals surface area contributed by atoms with Gasteiger partial charge in [-0.15, -0.1) is 0 Å². The Kier molecular flexibility index (Phi) is 4.71. The van der Waals surface area contributed by atoms with Gasteiger partial charge in [0.15, 0.2) is 0 Å². The maximum Gasteiger partial charge on any atom is 0.137 e. The molecule has 0 saturated heterocycles. The average Bonchev–Trinajstić information content (AvgIpc) is 2.80. The average molecular weight is 327 g/mol. The van der Waals surface area contributed by atoms with Crippen LogP contribution in [0.5, 0.6) is 0 Å². The molecule has 0 aliphatic carbocycles. The summed E-state index contributed by atoms with van der Waals surface area (Å²) in [4.78, 5) is 4.24. The Hall–Kier alpha value is -1.20. The van der Waals surface area contributed by atoms with Crippen molar-refractivity contribution >= 4 is 15.9 Å². The molecule has 5 heteroatoms. The Morgan fingerprint density at radius 2 is 2.26 bits per heavy atom. The first-order chi connectivity index (χ1) is 9.11. The molecule has 0 spiro atoms. The molecule has 1 atom stereocenters. The van der Waals surface area contributed by atoms with Gasteiger partial charge in [0.05, 0.1) is 10.6 Å². The van der Waals surface area contributed by atoms with E-state index in [1.807, 2.05) is 10.8 Å². The van der Waals surface area contributed by atoms with Crippen molar-refractivity contribution in [3.8, 4) is 0 Å². The number of rotatable bonds is 5. The monoisotopic (exact) mass is 326 g/mol. The fraction of sp³-hybridized carbons (Fsp3) is 0.357. The Labute approximate surface area is 120 Å². The van der Waals surface area contributed by atoms with Crippen LogP contribution in [0.4, 0.5) is 4.39 Å². The largest absolute Gasteiger partial charge is 0.388 e. The van der Waals surface area contributed by atoms with Crippen LogP contribution < -0.4 is 0 Å². The van der Waals surface area contributed by atoms with E-state index in [1.54, 1.807) is 18.3 Å². The normalized spacial score (nSPS) is 12.6.